The van der Waals surface area contributed by atoms with E-state index in [1.807, 2.05) is 4.57 Å². The normalized spacial score (nSPS) is 20.2. The molecule has 0 unspecified atom stereocenters. The maximum Gasteiger partial charge on any atom is 0.271 e. The largest absolute Gasteiger partial charge is 0.496 e. The van der Waals surface area contributed by atoms with Crippen molar-refractivity contribution in [3.05, 3.63) is 59.5 Å². The molecule has 2 aliphatic rings. The van der Waals surface area contributed by atoms with Gasteiger partial charge in [0.25, 0.3) is 5.91 Å². The molecule has 3 aromatic rings. The van der Waals surface area contributed by atoms with Gasteiger partial charge in [0.05, 0.1) is 32.8 Å². The maximum absolute atomic E-state index is 14.6. The van der Waals surface area contributed by atoms with Crippen LogP contribution in [0.2, 0.25) is 0 Å². The van der Waals surface area contributed by atoms with E-state index < -0.39 is 11.4 Å². The van der Waals surface area contributed by atoms with Gasteiger partial charge in [-0.2, -0.15) is 0 Å². The van der Waals surface area contributed by atoms with Crippen molar-refractivity contribution in [2.75, 3.05) is 14.2 Å². The number of hydrogen-bond donors (Lipinski definition) is 1. The summed E-state index contributed by atoms with van der Waals surface area (Å²) in [4.78, 5) is 29.3. The van der Waals surface area contributed by atoms with Crippen LogP contribution in [0.3, 0.4) is 0 Å². The Labute approximate surface area is 203 Å². The van der Waals surface area contributed by atoms with E-state index in [2.05, 4.69) is 5.32 Å². The predicted octanol–water partition coefficient (Wildman–Crippen LogP) is 4.27. The lowest BCUT2D eigenvalue weighted by Gasteiger charge is -2.44. The van der Waals surface area contributed by atoms with E-state index in [9.17, 15) is 14.0 Å². The van der Waals surface area contributed by atoms with E-state index in [0.717, 1.165) is 31.1 Å². The third-order valence-electron chi connectivity index (χ3n) is 7.41. The van der Waals surface area contributed by atoms with E-state index in [4.69, 9.17) is 9.47 Å². The highest BCUT2D eigenvalue weighted by Crippen LogP contribution is 2.40. The number of fused-ring (bicyclic) bond motifs is 3. The molecule has 5 rings (SSSR count). The quantitative estimate of drug-likeness (QED) is 0.573. The minimum atomic E-state index is -1.24. The number of halogens is 1. The molecule has 1 saturated carbocycles. The first-order valence-corrected chi connectivity index (χ1v) is 12.0. The second-order valence-corrected chi connectivity index (χ2v) is 9.56. The third-order valence-corrected chi connectivity index (χ3v) is 7.41. The lowest BCUT2D eigenvalue weighted by atomic mass is 9.93. The number of nitrogens with one attached hydrogen (secondary N) is 1. The van der Waals surface area contributed by atoms with Crippen LogP contribution in [0.5, 0.6) is 11.5 Å². The van der Waals surface area contributed by atoms with Gasteiger partial charge in [0, 0.05) is 17.0 Å². The minimum absolute atomic E-state index is 0.0180. The second kappa shape index (κ2) is 8.91. The van der Waals surface area contributed by atoms with Crippen LogP contribution < -0.4 is 14.8 Å². The summed E-state index contributed by atoms with van der Waals surface area (Å²) >= 11 is 0. The number of nitrogens with zero attached hydrogens (tertiary/aromatic N) is 2. The molecule has 1 aromatic heterocycles. The highest BCUT2D eigenvalue weighted by molar-refractivity contribution is 6.05. The number of amides is 2. The first-order valence-electron chi connectivity index (χ1n) is 12.0. The van der Waals surface area contributed by atoms with E-state index >= 15 is 0 Å². The maximum atomic E-state index is 14.6. The number of ether oxygens (including phenoxy) is 2. The molecular formula is C27H30FN3O4. The Morgan fingerprint density at radius 1 is 1.11 bits per heavy atom. The van der Waals surface area contributed by atoms with Crippen LogP contribution >= 0.6 is 0 Å². The molecule has 0 saturated heterocycles. The summed E-state index contributed by atoms with van der Waals surface area (Å²) in [5, 5.41) is 3.89. The van der Waals surface area contributed by atoms with Gasteiger partial charge in [0.2, 0.25) is 5.91 Å². The fourth-order valence-electron chi connectivity index (χ4n) is 5.41. The Morgan fingerprint density at radius 2 is 1.80 bits per heavy atom. The molecule has 2 amide bonds. The second-order valence-electron chi connectivity index (χ2n) is 9.56. The van der Waals surface area contributed by atoms with Gasteiger partial charge in [-0.25, -0.2) is 4.39 Å². The summed E-state index contributed by atoms with van der Waals surface area (Å²) in [6.07, 6.45) is 3.99. The Bertz CT molecular complexity index is 1300. The van der Waals surface area contributed by atoms with Crippen LogP contribution in [0.15, 0.2) is 42.5 Å². The van der Waals surface area contributed by atoms with Crippen LogP contribution in [0.25, 0.3) is 10.9 Å². The molecule has 7 nitrogen and oxygen atoms in total. The average molecular weight is 480 g/mol. The molecule has 0 radical (unpaired) electrons. The topological polar surface area (TPSA) is 72.8 Å². The standard InChI is InChI=1S/C27H30FN3O4/c1-27(26(33)29-18-9-5-6-10-18)16-30-21(14-19-22(34-2)12-13-23(35-3)24(19)30)25(32)31(27)15-17-8-4-7-11-20(17)28/h4,7-8,11-14,18H,5-6,9-10,15-16H2,1-3H3,(H,29,33)/t27-/m0/s1. The number of benzene rings is 2. The molecule has 1 fully saturated rings. The van der Waals surface area contributed by atoms with Gasteiger partial charge in [0.15, 0.2) is 0 Å². The Balaban J connectivity index is 1.65. The van der Waals surface area contributed by atoms with Gasteiger partial charge < -0.3 is 24.3 Å². The number of carbonyl (C=O) groups is 2. The molecule has 0 bridgehead atoms. The van der Waals surface area contributed by atoms with Crippen molar-refractivity contribution in [1.29, 1.82) is 0 Å². The summed E-state index contributed by atoms with van der Waals surface area (Å²) in [5.41, 5.74) is 0.223. The van der Waals surface area contributed by atoms with Crippen molar-refractivity contribution in [1.82, 2.24) is 14.8 Å². The summed E-state index contributed by atoms with van der Waals surface area (Å²) < 4.78 is 27.6. The van der Waals surface area contributed by atoms with Crippen LogP contribution in [-0.4, -0.2) is 47.1 Å². The smallest absolute Gasteiger partial charge is 0.271 e. The molecule has 1 aliphatic heterocycles. The summed E-state index contributed by atoms with van der Waals surface area (Å²) in [6, 6.07) is 11.8. The van der Waals surface area contributed by atoms with Crippen molar-refractivity contribution < 1.29 is 23.5 Å². The molecule has 1 N–H and O–H groups in total. The van der Waals surface area contributed by atoms with Crippen molar-refractivity contribution in [2.24, 2.45) is 0 Å². The minimum Gasteiger partial charge on any atom is -0.496 e. The molecule has 2 aromatic carbocycles. The van der Waals surface area contributed by atoms with Crippen LogP contribution in [0.4, 0.5) is 4.39 Å². The highest BCUT2D eigenvalue weighted by atomic mass is 19.1. The van der Waals surface area contributed by atoms with E-state index in [-0.39, 0.29) is 30.9 Å². The van der Waals surface area contributed by atoms with Crippen LogP contribution in [0.1, 0.15) is 48.7 Å². The van der Waals surface area contributed by atoms with Crippen molar-refractivity contribution in [3.63, 3.8) is 0 Å². The summed E-state index contributed by atoms with van der Waals surface area (Å²) in [7, 11) is 3.14. The SMILES string of the molecule is COc1ccc(OC)c2c1cc1n2C[C@@](C)(C(=O)NC2CCCC2)N(Cc2ccccc2F)C1=O. The van der Waals surface area contributed by atoms with E-state index in [1.54, 1.807) is 57.5 Å². The summed E-state index contributed by atoms with van der Waals surface area (Å²) in [5.74, 6) is 0.204. The van der Waals surface area contributed by atoms with Gasteiger partial charge in [0.1, 0.15) is 28.5 Å². The number of aromatic nitrogens is 1. The Kier molecular flexibility index (Phi) is 5.91. The van der Waals surface area contributed by atoms with E-state index in [0.29, 0.717) is 28.3 Å². The fraction of sp³-hybridized carbons (Fsp3) is 0.407. The molecule has 0 spiro atoms. The predicted molar refractivity (Wildman–Crippen MR) is 130 cm³/mol. The number of rotatable bonds is 6. The lowest BCUT2D eigenvalue weighted by molar-refractivity contribution is -0.133. The molecule has 35 heavy (non-hydrogen) atoms. The van der Waals surface area contributed by atoms with E-state index in [1.165, 1.54) is 11.0 Å². The lowest BCUT2D eigenvalue weighted by Crippen LogP contribution is -2.64. The zero-order valence-electron chi connectivity index (χ0n) is 20.3. The van der Waals surface area contributed by atoms with Crippen LogP contribution in [-0.2, 0) is 17.9 Å². The van der Waals surface area contributed by atoms with Crippen molar-refractivity contribution >= 4 is 22.7 Å². The van der Waals surface area contributed by atoms with Gasteiger partial charge in [-0.05, 0) is 44.0 Å². The molecule has 184 valence electrons. The first kappa shape index (κ1) is 23.2. The third kappa shape index (κ3) is 3.81. The zero-order valence-corrected chi connectivity index (χ0v) is 20.3. The highest BCUT2D eigenvalue weighted by Gasteiger charge is 2.48. The van der Waals surface area contributed by atoms with Gasteiger partial charge >= 0.3 is 0 Å². The Hall–Kier alpha value is -3.55. The Morgan fingerprint density at radius 3 is 2.49 bits per heavy atom. The first-order chi connectivity index (χ1) is 16.9. The van der Waals surface area contributed by atoms with Gasteiger partial charge in [-0.1, -0.05) is 31.0 Å². The molecule has 1 atom stereocenters. The monoisotopic (exact) mass is 479 g/mol. The number of hydrogen-bond acceptors (Lipinski definition) is 4. The van der Waals surface area contributed by atoms with Crippen molar-refractivity contribution in [2.45, 2.75) is 57.3 Å². The molecule has 1 aliphatic carbocycles. The summed E-state index contributed by atoms with van der Waals surface area (Å²) in [6.45, 7) is 1.95. The number of methoxy groups -OCH3 is 2. The molecule has 2 heterocycles. The van der Waals surface area contributed by atoms with Gasteiger partial charge in [-0.3, -0.25) is 9.59 Å². The van der Waals surface area contributed by atoms with Gasteiger partial charge in [-0.15, -0.1) is 0 Å². The van der Waals surface area contributed by atoms with Crippen molar-refractivity contribution in [3.8, 4) is 11.5 Å². The fourth-order valence-corrected chi connectivity index (χ4v) is 5.41. The number of carbonyl (C=O) groups excluding carboxylic acids is 2. The average Bonchev–Trinajstić information content (AvgIpc) is 3.50. The molecule has 8 heteroatoms. The van der Waals surface area contributed by atoms with Crippen LogP contribution in [0, 0.1) is 5.82 Å². The zero-order chi connectivity index (χ0) is 24.7. The molecular weight excluding hydrogens is 449 g/mol.